The Kier molecular flexibility index (Phi) is 10.7. The number of methoxy groups -OCH3 is 1. The topological polar surface area (TPSA) is 64.6 Å². The minimum atomic E-state index is -0.616. The van der Waals surface area contributed by atoms with Crippen molar-refractivity contribution in [3.8, 4) is 0 Å². The van der Waals surface area contributed by atoms with Gasteiger partial charge in [0, 0.05) is 13.5 Å². The van der Waals surface area contributed by atoms with Gasteiger partial charge in [-0.3, -0.25) is 4.79 Å². The molecule has 1 N–H and O–H groups in total. The normalized spacial score (nSPS) is 36.1. The lowest BCUT2D eigenvalue weighted by Crippen LogP contribution is -2.51. The lowest BCUT2D eigenvalue weighted by atomic mass is 9.47. The molecule has 5 nitrogen and oxygen atoms in total. The van der Waals surface area contributed by atoms with E-state index in [1.54, 1.807) is 0 Å². The van der Waals surface area contributed by atoms with Gasteiger partial charge in [-0.2, -0.15) is 0 Å². The third-order valence-electron chi connectivity index (χ3n) is 12.1. The minimum Gasteiger partial charge on any atom is -0.461 e. The molecule has 0 heterocycles. The van der Waals surface area contributed by atoms with Gasteiger partial charge in [0.25, 0.3) is 0 Å². The molecule has 0 aliphatic heterocycles. The molecule has 3 fully saturated rings. The van der Waals surface area contributed by atoms with Gasteiger partial charge in [0.2, 0.25) is 5.91 Å². The van der Waals surface area contributed by atoms with E-state index in [1.165, 1.54) is 64.0 Å². The van der Waals surface area contributed by atoms with Crippen LogP contribution in [0.2, 0.25) is 0 Å². The third-order valence-corrected chi connectivity index (χ3v) is 12.1. The van der Waals surface area contributed by atoms with E-state index in [4.69, 9.17) is 9.47 Å². The Morgan fingerprint density at radius 3 is 2.41 bits per heavy atom. The van der Waals surface area contributed by atoms with Crippen molar-refractivity contribution in [2.24, 2.45) is 52.3 Å². The van der Waals surface area contributed by atoms with Crippen molar-refractivity contribution in [2.45, 2.75) is 138 Å². The molecule has 0 bridgehead atoms. The molecule has 0 radical (unpaired) electrons. The summed E-state index contributed by atoms with van der Waals surface area (Å²) in [6.07, 6.45) is 16.9. The van der Waals surface area contributed by atoms with Gasteiger partial charge in [-0.1, -0.05) is 79.4 Å². The zero-order valence-corrected chi connectivity index (χ0v) is 27.6. The van der Waals surface area contributed by atoms with E-state index in [0.717, 1.165) is 54.8 Å². The van der Waals surface area contributed by atoms with Gasteiger partial charge in [-0.25, -0.2) is 4.79 Å². The molecule has 9 atom stereocenters. The maximum Gasteiger partial charge on any atom is 0.328 e. The number of carbonyl (C=O) groups excluding carboxylic acids is 2. The molecule has 0 saturated heterocycles. The van der Waals surface area contributed by atoms with Gasteiger partial charge < -0.3 is 14.8 Å². The number of fused-ring (bicyclic) bond motifs is 5. The Bertz CT molecular complexity index is 942. The minimum absolute atomic E-state index is 0.0447. The molecular formula is C36H61NO4. The van der Waals surface area contributed by atoms with Crippen molar-refractivity contribution in [1.29, 1.82) is 0 Å². The van der Waals surface area contributed by atoms with Gasteiger partial charge >= 0.3 is 5.97 Å². The van der Waals surface area contributed by atoms with Gasteiger partial charge in [0.05, 0.1) is 0 Å². The summed E-state index contributed by atoms with van der Waals surface area (Å²) in [5.41, 5.74) is 2.27. The highest BCUT2D eigenvalue weighted by atomic mass is 16.5. The van der Waals surface area contributed by atoms with Gasteiger partial charge in [0.15, 0.2) is 0 Å². The molecule has 4 aliphatic carbocycles. The highest BCUT2D eigenvalue weighted by molar-refractivity contribution is 5.85. The molecular weight excluding hydrogens is 510 g/mol. The molecule has 0 spiro atoms. The first kappa shape index (κ1) is 32.6. The number of esters is 1. The van der Waals surface area contributed by atoms with Crippen LogP contribution in [0.1, 0.15) is 126 Å². The Morgan fingerprint density at radius 2 is 1.73 bits per heavy atom. The monoisotopic (exact) mass is 571 g/mol. The number of ether oxygens (including phenoxy) is 2. The van der Waals surface area contributed by atoms with Crippen LogP contribution in [-0.4, -0.2) is 37.7 Å². The van der Waals surface area contributed by atoms with Crippen LogP contribution < -0.4 is 5.32 Å². The molecule has 0 aromatic carbocycles. The Hall–Kier alpha value is -1.36. The first-order valence-electron chi connectivity index (χ1n) is 17.1. The van der Waals surface area contributed by atoms with Crippen molar-refractivity contribution >= 4 is 11.9 Å². The van der Waals surface area contributed by atoms with Crippen LogP contribution >= 0.6 is 0 Å². The van der Waals surface area contributed by atoms with Crippen LogP contribution in [0.3, 0.4) is 0 Å². The van der Waals surface area contributed by atoms with E-state index in [-0.39, 0.29) is 35.9 Å². The lowest BCUT2D eigenvalue weighted by Gasteiger charge is -2.58. The number of rotatable bonds is 12. The number of hydrogen-bond acceptors (Lipinski definition) is 4. The number of nitrogens with one attached hydrogen (secondary N) is 1. The predicted molar refractivity (Wildman–Crippen MR) is 166 cm³/mol. The van der Waals surface area contributed by atoms with E-state index in [0.29, 0.717) is 11.8 Å². The number of amides is 1. The quantitative estimate of drug-likeness (QED) is 0.190. The van der Waals surface area contributed by atoms with Crippen LogP contribution in [-0.2, 0) is 19.1 Å². The maximum atomic E-state index is 13.2. The Labute approximate surface area is 251 Å². The van der Waals surface area contributed by atoms with Crippen LogP contribution in [0.15, 0.2) is 11.6 Å². The summed E-state index contributed by atoms with van der Waals surface area (Å²) < 4.78 is 11.1. The van der Waals surface area contributed by atoms with E-state index in [2.05, 4.69) is 59.9 Å². The number of carbonyl (C=O) groups is 2. The highest BCUT2D eigenvalue weighted by Gasteiger charge is 2.59. The first-order valence-corrected chi connectivity index (χ1v) is 17.1. The first-order chi connectivity index (χ1) is 19.4. The fourth-order valence-electron chi connectivity index (χ4n) is 10.1. The van der Waals surface area contributed by atoms with Crippen molar-refractivity contribution < 1.29 is 19.1 Å². The SMILES string of the molecule is COCC(=O)NC(CC(C)C)C(=O)O[C@H]1CC[C@@]2(C)C(=CC[C@@H]3[C@@H]2CC[C@]2(C)C([C@H](C)CCCC(C)C)CC[C@@H]32)C1. The molecule has 234 valence electrons. The average molecular weight is 572 g/mol. The van der Waals surface area contributed by atoms with Crippen molar-refractivity contribution in [3.63, 3.8) is 0 Å². The lowest BCUT2D eigenvalue weighted by molar-refractivity contribution is -0.156. The molecule has 4 rings (SSSR count). The van der Waals surface area contributed by atoms with E-state index in [1.807, 2.05) is 0 Å². The summed E-state index contributed by atoms with van der Waals surface area (Å²) in [6, 6.07) is -0.616. The van der Waals surface area contributed by atoms with Crippen LogP contribution in [0, 0.1) is 52.3 Å². The molecule has 1 amide bonds. The second-order valence-corrected chi connectivity index (χ2v) is 15.8. The van der Waals surface area contributed by atoms with Crippen LogP contribution in [0.25, 0.3) is 0 Å². The standard InChI is InChI=1S/C36H61NO4/c1-23(2)10-9-11-25(5)29-14-15-30-28-13-12-26-21-27(16-18-35(26,6)31(28)17-19-36(29,30)7)41-34(39)32(20-24(3)4)37-33(38)22-40-8/h12,23-25,27-32H,9-11,13-22H2,1-8H3,(H,37,38)/t25-,27+,28+,29?,30+,31+,32?,35+,36-/m1/s1. The molecule has 0 aromatic rings. The van der Waals surface area contributed by atoms with Gasteiger partial charge in [-0.15, -0.1) is 0 Å². The number of allylic oxidation sites excluding steroid dienone is 1. The smallest absolute Gasteiger partial charge is 0.328 e. The Balaban J connectivity index is 1.40. The highest BCUT2D eigenvalue weighted by Crippen LogP contribution is 2.67. The fourth-order valence-corrected chi connectivity index (χ4v) is 10.1. The molecule has 4 aliphatic rings. The fraction of sp³-hybridized carbons (Fsp3) is 0.889. The molecule has 0 aromatic heterocycles. The zero-order valence-electron chi connectivity index (χ0n) is 27.6. The van der Waals surface area contributed by atoms with Crippen molar-refractivity contribution in [1.82, 2.24) is 5.32 Å². The second-order valence-electron chi connectivity index (χ2n) is 15.8. The average Bonchev–Trinajstić information content (AvgIpc) is 3.25. The third kappa shape index (κ3) is 7.07. The molecule has 3 saturated carbocycles. The van der Waals surface area contributed by atoms with E-state index >= 15 is 0 Å². The number of hydrogen-bond donors (Lipinski definition) is 1. The van der Waals surface area contributed by atoms with E-state index < -0.39 is 6.04 Å². The Morgan fingerprint density at radius 1 is 0.976 bits per heavy atom. The largest absolute Gasteiger partial charge is 0.461 e. The molecule has 41 heavy (non-hydrogen) atoms. The van der Waals surface area contributed by atoms with Crippen LogP contribution in [0.5, 0.6) is 0 Å². The molecule has 5 heteroatoms. The summed E-state index contributed by atoms with van der Waals surface area (Å²) >= 11 is 0. The predicted octanol–water partition coefficient (Wildman–Crippen LogP) is 8.12. The van der Waals surface area contributed by atoms with Gasteiger partial charge in [-0.05, 0) is 104 Å². The van der Waals surface area contributed by atoms with Gasteiger partial charge in [0.1, 0.15) is 18.8 Å². The summed E-state index contributed by atoms with van der Waals surface area (Å²) in [7, 11) is 1.49. The summed E-state index contributed by atoms with van der Waals surface area (Å²) in [5, 5.41) is 2.84. The zero-order chi connectivity index (χ0) is 29.9. The maximum absolute atomic E-state index is 13.2. The summed E-state index contributed by atoms with van der Waals surface area (Å²) in [5.74, 6) is 4.68. The van der Waals surface area contributed by atoms with Crippen molar-refractivity contribution in [3.05, 3.63) is 11.6 Å². The molecule has 2 unspecified atom stereocenters. The van der Waals surface area contributed by atoms with E-state index in [9.17, 15) is 9.59 Å². The second kappa shape index (κ2) is 13.5. The van der Waals surface area contributed by atoms with Crippen LogP contribution in [0.4, 0.5) is 0 Å². The summed E-state index contributed by atoms with van der Waals surface area (Å²) in [4.78, 5) is 25.4. The summed E-state index contributed by atoms with van der Waals surface area (Å²) in [6.45, 7) is 16.6. The van der Waals surface area contributed by atoms with Crippen molar-refractivity contribution in [2.75, 3.05) is 13.7 Å².